The first-order valence-corrected chi connectivity index (χ1v) is 9.07. The molecule has 2 aromatic carbocycles. The van der Waals surface area contributed by atoms with E-state index in [4.69, 9.17) is 9.90 Å². The van der Waals surface area contributed by atoms with E-state index in [9.17, 15) is 0 Å². The van der Waals surface area contributed by atoms with Crippen LogP contribution in [0.25, 0.3) is 21.9 Å². The Hall–Kier alpha value is -3.01. The van der Waals surface area contributed by atoms with Crippen molar-refractivity contribution in [1.82, 2.24) is 4.98 Å². The van der Waals surface area contributed by atoms with E-state index < -0.39 is 19.0 Å². The molecule has 5 rings (SSSR count). The Kier molecular flexibility index (Phi) is 2.64. The minimum atomic E-state index is -2.52. The third-order valence-corrected chi connectivity index (χ3v) is 5.33. The topological polar surface area (TPSA) is 32.5 Å². The van der Waals surface area contributed by atoms with Crippen molar-refractivity contribution in [2.24, 2.45) is 0 Å². The van der Waals surface area contributed by atoms with Gasteiger partial charge in [0.15, 0.2) is 11.4 Å². The fourth-order valence-corrected chi connectivity index (χ4v) is 4.17. The van der Waals surface area contributed by atoms with Crippen molar-refractivity contribution in [3.05, 3.63) is 60.3 Å². The predicted molar refractivity (Wildman–Crippen MR) is 112 cm³/mol. The number of pyridine rings is 1. The van der Waals surface area contributed by atoms with Crippen LogP contribution in [0.15, 0.2) is 59.1 Å². The van der Waals surface area contributed by atoms with Crippen LogP contribution in [0.1, 0.15) is 31.7 Å². The largest absolute Gasteiger partial charge is 0.454 e. The summed E-state index contributed by atoms with van der Waals surface area (Å²) in [5.74, 6) is 0.483. The first-order valence-electron chi connectivity index (χ1n) is 11.1. The van der Waals surface area contributed by atoms with E-state index >= 15 is 0 Å². The molecule has 0 saturated heterocycles. The number of para-hydroxylation sites is 1. The second-order valence-electron chi connectivity index (χ2n) is 7.01. The minimum absolute atomic E-state index is 0.453. The van der Waals surface area contributed by atoms with Crippen molar-refractivity contribution < 1.29 is 9.90 Å². The van der Waals surface area contributed by atoms with Gasteiger partial charge in [-0.1, -0.05) is 30.3 Å². The van der Waals surface area contributed by atoms with Gasteiger partial charge in [-0.3, -0.25) is 0 Å². The lowest BCUT2D eigenvalue weighted by Crippen LogP contribution is -2.42. The van der Waals surface area contributed by atoms with Crippen LogP contribution < -0.4 is 9.80 Å². The maximum atomic E-state index is 8.77. The van der Waals surface area contributed by atoms with Gasteiger partial charge in [-0.2, -0.15) is 0 Å². The van der Waals surface area contributed by atoms with E-state index in [0.717, 1.165) is 38.9 Å². The number of anilines is 3. The van der Waals surface area contributed by atoms with Gasteiger partial charge in [0, 0.05) is 27.1 Å². The van der Waals surface area contributed by atoms with Crippen molar-refractivity contribution in [2.45, 2.75) is 39.8 Å². The molecule has 27 heavy (non-hydrogen) atoms. The maximum Gasteiger partial charge on any atom is 0.159 e. The Bertz CT molecular complexity index is 1310. The molecular formula is C23H23N3O. The van der Waals surface area contributed by atoms with Crippen LogP contribution in [0.2, 0.25) is 0 Å². The van der Waals surface area contributed by atoms with Gasteiger partial charge in [0.1, 0.15) is 11.7 Å². The fourth-order valence-electron chi connectivity index (χ4n) is 4.17. The standard InChI is InChI=1S/C23H23N3O/c1-14(2)25-16(4)26(19-9-7-13-24-23(19)25)21-15(3)11-12-18-17-8-5-6-10-20(17)27-22(18)21/h5-14,16H,1-4H3/t16-/m1/s1/i1D3,14D/t14?,16-. The molecular weight excluding hydrogens is 334 g/mol. The number of aryl methyl sites for hydroxylation is 1. The van der Waals surface area contributed by atoms with Crippen LogP contribution in [-0.4, -0.2) is 17.2 Å². The first kappa shape index (κ1) is 12.4. The zero-order valence-corrected chi connectivity index (χ0v) is 15.5. The summed E-state index contributed by atoms with van der Waals surface area (Å²) in [6.45, 7) is 2.82. The highest BCUT2D eigenvalue weighted by molar-refractivity contribution is 6.10. The number of fused-ring (bicyclic) bond motifs is 4. The van der Waals surface area contributed by atoms with Crippen LogP contribution in [-0.2, 0) is 0 Å². The lowest BCUT2D eigenvalue weighted by molar-refractivity contribution is 0.598. The van der Waals surface area contributed by atoms with Crippen molar-refractivity contribution in [3.8, 4) is 0 Å². The average Bonchev–Trinajstić information content (AvgIpc) is 3.22. The van der Waals surface area contributed by atoms with E-state index in [1.165, 1.54) is 6.92 Å². The molecule has 0 amide bonds. The Morgan fingerprint density at radius 3 is 2.85 bits per heavy atom. The molecule has 0 bridgehead atoms. The summed E-state index contributed by atoms with van der Waals surface area (Å²) in [6.07, 6.45) is 1.18. The Balaban J connectivity index is 1.79. The molecule has 136 valence electrons. The summed E-state index contributed by atoms with van der Waals surface area (Å²) in [7, 11) is 0. The van der Waals surface area contributed by atoms with Crippen LogP contribution >= 0.6 is 0 Å². The van der Waals surface area contributed by atoms with Crippen molar-refractivity contribution in [3.63, 3.8) is 0 Å². The summed E-state index contributed by atoms with van der Waals surface area (Å²) in [5, 5.41) is 2.03. The highest BCUT2D eigenvalue weighted by Gasteiger charge is 2.38. The van der Waals surface area contributed by atoms with Gasteiger partial charge in [0.05, 0.1) is 12.7 Å². The minimum Gasteiger partial charge on any atom is -0.454 e. The smallest absolute Gasteiger partial charge is 0.159 e. The second-order valence-corrected chi connectivity index (χ2v) is 7.01. The molecule has 0 saturated carbocycles. The van der Waals surface area contributed by atoms with Crippen LogP contribution in [0.3, 0.4) is 0 Å². The molecule has 4 aromatic rings. The third kappa shape index (κ3) is 2.19. The van der Waals surface area contributed by atoms with Gasteiger partial charge in [-0.15, -0.1) is 0 Å². The highest BCUT2D eigenvalue weighted by atomic mass is 16.3. The molecule has 1 unspecified atom stereocenters. The molecule has 4 heteroatoms. The summed E-state index contributed by atoms with van der Waals surface area (Å²) < 4.78 is 39.0. The number of hydrogen-bond donors (Lipinski definition) is 0. The number of hydrogen-bond acceptors (Lipinski definition) is 4. The molecule has 0 aliphatic carbocycles. The van der Waals surface area contributed by atoms with Gasteiger partial charge >= 0.3 is 0 Å². The zero-order valence-electron chi connectivity index (χ0n) is 19.5. The summed E-state index contributed by atoms with van der Waals surface area (Å²) in [5.41, 5.74) is 4.15. The SMILES string of the molecule is [2H]C([2H])([2H])C([2H])(C)N1c2ncccc2N(c2c(C)ccc3c2oc2ccccc23)[C@@H]1C. The number of rotatable bonds is 2. The molecule has 4 nitrogen and oxygen atoms in total. The Labute approximate surface area is 164 Å². The highest BCUT2D eigenvalue weighted by Crippen LogP contribution is 2.48. The molecule has 0 spiro atoms. The maximum absolute atomic E-state index is 8.77. The fraction of sp³-hybridized carbons (Fsp3) is 0.261. The van der Waals surface area contributed by atoms with Crippen LogP contribution in [0.5, 0.6) is 0 Å². The number of aromatic nitrogens is 1. The molecule has 1 aliphatic rings. The van der Waals surface area contributed by atoms with Gasteiger partial charge in [-0.05, 0) is 51.4 Å². The lowest BCUT2D eigenvalue weighted by Gasteiger charge is -2.33. The first-order chi connectivity index (χ1) is 14.6. The van der Waals surface area contributed by atoms with E-state index in [1.54, 1.807) is 11.1 Å². The lowest BCUT2D eigenvalue weighted by atomic mass is 10.1. The number of benzene rings is 2. The van der Waals surface area contributed by atoms with Crippen molar-refractivity contribution >= 4 is 39.1 Å². The molecule has 3 heterocycles. The van der Waals surface area contributed by atoms with E-state index in [0.29, 0.717) is 5.82 Å². The normalized spacial score (nSPS) is 21.5. The third-order valence-electron chi connectivity index (χ3n) is 5.33. The Morgan fingerprint density at radius 1 is 1.15 bits per heavy atom. The quantitative estimate of drug-likeness (QED) is 0.438. The van der Waals surface area contributed by atoms with Crippen LogP contribution in [0.4, 0.5) is 17.2 Å². The van der Waals surface area contributed by atoms with Gasteiger partial charge in [-0.25, -0.2) is 4.98 Å². The number of furan rings is 1. The molecule has 2 aromatic heterocycles. The van der Waals surface area contributed by atoms with Crippen molar-refractivity contribution in [1.29, 1.82) is 0 Å². The van der Waals surface area contributed by atoms with Crippen LogP contribution in [0, 0.1) is 6.92 Å². The Morgan fingerprint density at radius 2 is 2.00 bits per heavy atom. The molecule has 1 aliphatic heterocycles. The van der Waals surface area contributed by atoms with E-state index in [1.807, 2.05) is 55.1 Å². The molecule has 0 N–H and O–H groups in total. The van der Waals surface area contributed by atoms with E-state index in [-0.39, 0.29) is 0 Å². The molecule has 0 fully saturated rings. The molecule has 0 radical (unpaired) electrons. The predicted octanol–water partition coefficient (Wildman–Crippen LogP) is 6.00. The average molecular weight is 361 g/mol. The number of nitrogens with zero attached hydrogens (tertiary/aromatic N) is 3. The van der Waals surface area contributed by atoms with Gasteiger partial charge in [0.2, 0.25) is 0 Å². The zero-order chi connectivity index (χ0) is 22.1. The summed E-state index contributed by atoms with van der Waals surface area (Å²) >= 11 is 0. The van der Waals surface area contributed by atoms with Gasteiger partial charge < -0.3 is 14.2 Å². The second kappa shape index (κ2) is 5.74. The van der Waals surface area contributed by atoms with Crippen molar-refractivity contribution in [2.75, 3.05) is 9.80 Å². The molecule has 2 atom stereocenters. The summed E-state index contributed by atoms with van der Waals surface area (Å²) in [6, 6.07) is 13.9. The summed E-state index contributed by atoms with van der Waals surface area (Å²) in [4.78, 5) is 8.10. The monoisotopic (exact) mass is 361 g/mol. The van der Waals surface area contributed by atoms with Gasteiger partial charge in [0.25, 0.3) is 0 Å². The van der Waals surface area contributed by atoms with E-state index in [2.05, 4.69) is 17.1 Å².